The highest BCUT2D eigenvalue weighted by atomic mass is 32.2. The summed E-state index contributed by atoms with van der Waals surface area (Å²) in [7, 11) is 0. The first kappa shape index (κ1) is 27.6. The average Bonchev–Trinajstić information content (AvgIpc) is 3.01. The van der Waals surface area contributed by atoms with Crippen LogP contribution in [0.2, 0.25) is 0 Å². The van der Waals surface area contributed by atoms with Crippen molar-refractivity contribution in [2.75, 3.05) is 11.1 Å². The van der Waals surface area contributed by atoms with E-state index in [0.717, 1.165) is 21.6 Å². The van der Waals surface area contributed by atoms with Gasteiger partial charge >= 0.3 is 5.97 Å². The summed E-state index contributed by atoms with van der Waals surface area (Å²) in [6.45, 7) is -0.0232. The van der Waals surface area contributed by atoms with Crippen LogP contribution in [0.15, 0.2) is 108 Å². The lowest BCUT2D eigenvalue weighted by Gasteiger charge is -2.36. The molecule has 3 atom stereocenters. The molecular weight excluding hydrogens is 526 g/mol. The fourth-order valence-electron chi connectivity index (χ4n) is 4.42. The fraction of sp³-hybridized carbons (Fsp3) is 0.188. The van der Waals surface area contributed by atoms with Gasteiger partial charge < -0.3 is 25.0 Å². The summed E-state index contributed by atoms with van der Waals surface area (Å²) in [5, 5.41) is 21.5. The molecule has 1 aliphatic heterocycles. The smallest absolute Gasteiger partial charge is 0.335 e. The Bertz CT molecular complexity index is 1430. The number of carbonyl (C=O) groups excluding carboxylic acids is 1. The first-order valence-electron chi connectivity index (χ1n) is 12.9. The summed E-state index contributed by atoms with van der Waals surface area (Å²) < 4.78 is 12.8. The number of aliphatic hydroxyl groups is 1. The molecule has 8 heteroatoms. The van der Waals surface area contributed by atoms with Gasteiger partial charge in [0.1, 0.15) is 0 Å². The van der Waals surface area contributed by atoms with Gasteiger partial charge in [-0.15, -0.1) is 11.8 Å². The highest BCUT2D eigenvalue weighted by Gasteiger charge is 2.32. The first-order chi connectivity index (χ1) is 19.5. The minimum absolute atomic E-state index is 0.0232. The Kier molecular flexibility index (Phi) is 8.93. The number of carboxylic acids is 1. The van der Waals surface area contributed by atoms with Crippen molar-refractivity contribution < 1.29 is 29.3 Å². The third-order valence-electron chi connectivity index (χ3n) is 6.63. The second-order valence-corrected chi connectivity index (χ2v) is 10.5. The maximum atomic E-state index is 12.5. The van der Waals surface area contributed by atoms with Crippen molar-refractivity contribution in [3.8, 4) is 0 Å². The van der Waals surface area contributed by atoms with Gasteiger partial charge in [0.25, 0.3) is 5.91 Å². The monoisotopic (exact) mass is 555 g/mol. The molecule has 1 fully saturated rings. The van der Waals surface area contributed by atoms with E-state index in [4.69, 9.17) is 14.6 Å². The van der Waals surface area contributed by atoms with Crippen LogP contribution in [0.4, 0.5) is 5.69 Å². The number of hydrogen-bond acceptors (Lipinski definition) is 6. The minimum atomic E-state index is -0.951. The lowest BCUT2D eigenvalue weighted by atomic mass is 10.0. The summed E-state index contributed by atoms with van der Waals surface area (Å²) in [5.74, 6) is -0.478. The Labute approximate surface area is 236 Å². The molecule has 0 aromatic heterocycles. The zero-order valence-corrected chi connectivity index (χ0v) is 22.4. The molecule has 4 aromatic rings. The van der Waals surface area contributed by atoms with Crippen molar-refractivity contribution in [2.24, 2.45) is 0 Å². The van der Waals surface area contributed by atoms with Crippen LogP contribution >= 0.6 is 11.8 Å². The van der Waals surface area contributed by atoms with Crippen molar-refractivity contribution in [1.29, 1.82) is 0 Å². The number of hydrogen-bond donors (Lipinski definition) is 3. The average molecular weight is 556 g/mol. The molecule has 40 heavy (non-hydrogen) atoms. The second-order valence-electron chi connectivity index (χ2n) is 9.43. The number of aliphatic hydroxyl groups excluding tert-OH is 1. The number of carboxylic acid groups (broad SMARTS) is 1. The number of nitrogens with one attached hydrogen (secondary N) is 1. The van der Waals surface area contributed by atoms with Gasteiger partial charge in [0.15, 0.2) is 6.29 Å². The highest BCUT2D eigenvalue weighted by Crippen LogP contribution is 2.39. The predicted molar refractivity (Wildman–Crippen MR) is 153 cm³/mol. The molecule has 0 aliphatic carbocycles. The Morgan fingerprint density at radius 3 is 2.12 bits per heavy atom. The number of thioether (sulfide) groups is 1. The van der Waals surface area contributed by atoms with E-state index in [2.05, 4.69) is 5.32 Å². The zero-order chi connectivity index (χ0) is 27.9. The Hall–Kier alpha value is -3.95. The SMILES string of the molecule is O=C(O)c1ccc(SC[C@@H]2C[C@H](c3ccc(CO)cc3)O[C@H](c3ccc(NC(=O)c4ccccc4)cc3)O2)cc1. The minimum Gasteiger partial charge on any atom is -0.478 e. The summed E-state index contributed by atoms with van der Waals surface area (Å²) >= 11 is 1.60. The van der Waals surface area contributed by atoms with E-state index < -0.39 is 12.3 Å². The third kappa shape index (κ3) is 6.97. The van der Waals surface area contributed by atoms with Crippen LogP contribution in [0.1, 0.15) is 56.2 Å². The molecule has 7 nitrogen and oxygen atoms in total. The third-order valence-corrected chi connectivity index (χ3v) is 7.77. The molecular formula is C32H29NO6S. The van der Waals surface area contributed by atoms with Crippen molar-refractivity contribution in [1.82, 2.24) is 0 Å². The van der Waals surface area contributed by atoms with Crippen LogP contribution in [-0.2, 0) is 16.1 Å². The summed E-state index contributed by atoms with van der Waals surface area (Å²) in [4.78, 5) is 24.6. The van der Waals surface area contributed by atoms with Crippen LogP contribution in [0.3, 0.4) is 0 Å². The lowest BCUT2D eigenvalue weighted by molar-refractivity contribution is -0.245. The molecule has 204 valence electrons. The van der Waals surface area contributed by atoms with E-state index in [1.54, 1.807) is 48.2 Å². The molecule has 0 unspecified atom stereocenters. The molecule has 1 aliphatic rings. The molecule has 1 heterocycles. The highest BCUT2D eigenvalue weighted by molar-refractivity contribution is 7.99. The van der Waals surface area contributed by atoms with Gasteiger partial charge in [0.05, 0.1) is 24.4 Å². The number of carbonyl (C=O) groups is 2. The number of aromatic carboxylic acids is 1. The summed E-state index contributed by atoms with van der Waals surface area (Å²) in [5.41, 5.74) is 4.16. The number of anilines is 1. The van der Waals surface area contributed by atoms with Crippen LogP contribution < -0.4 is 5.32 Å². The van der Waals surface area contributed by atoms with Crippen LogP contribution in [0.5, 0.6) is 0 Å². The summed E-state index contributed by atoms with van der Waals surface area (Å²) in [6, 6.07) is 31.0. The van der Waals surface area contributed by atoms with E-state index >= 15 is 0 Å². The lowest BCUT2D eigenvalue weighted by Crippen LogP contribution is -2.31. The molecule has 5 rings (SSSR count). The van der Waals surface area contributed by atoms with Crippen LogP contribution in [0.25, 0.3) is 0 Å². The number of amides is 1. The molecule has 3 N–H and O–H groups in total. The molecule has 1 amide bonds. The molecule has 0 saturated carbocycles. The van der Waals surface area contributed by atoms with E-state index in [-0.39, 0.29) is 30.3 Å². The standard InChI is InChI=1S/C32H29NO6S/c34-19-21-6-8-22(9-7-21)29-18-27(20-40-28-16-12-24(13-17-28)31(36)37)38-32(39-29)25-10-14-26(15-11-25)33-30(35)23-4-2-1-3-5-23/h1-17,27,29,32,34H,18-20H2,(H,33,35)(H,36,37)/t27-,29+,32+/m0/s1. The molecule has 0 bridgehead atoms. The zero-order valence-electron chi connectivity index (χ0n) is 21.6. The van der Waals surface area contributed by atoms with Gasteiger partial charge in [0, 0.05) is 33.9 Å². The van der Waals surface area contributed by atoms with Crippen molar-refractivity contribution in [3.05, 3.63) is 131 Å². The number of rotatable bonds is 9. The van der Waals surface area contributed by atoms with Gasteiger partial charge in [-0.1, -0.05) is 54.6 Å². The molecule has 0 radical (unpaired) electrons. The number of ether oxygens (including phenoxy) is 2. The molecule has 1 saturated heterocycles. The number of benzene rings is 4. The predicted octanol–water partition coefficient (Wildman–Crippen LogP) is 6.47. The van der Waals surface area contributed by atoms with Gasteiger partial charge in [-0.3, -0.25) is 4.79 Å². The van der Waals surface area contributed by atoms with Crippen molar-refractivity contribution in [2.45, 2.75) is 36.4 Å². The van der Waals surface area contributed by atoms with Crippen LogP contribution in [0, 0.1) is 0 Å². The quantitative estimate of drug-likeness (QED) is 0.203. The van der Waals surface area contributed by atoms with Crippen LogP contribution in [-0.4, -0.2) is 33.9 Å². The van der Waals surface area contributed by atoms with Crippen molar-refractivity contribution in [3.63, 3.8) is 0 Å². The Balaban J connectivity index is 1.30. The van der Waals surface area contributed by atoms with Gasteiger partial charge in [-0.05, 0) is 59.7 Å². The van der Waals surface area contributed by atoms with E-state index in [1.807, 2.05) is 66.7 Å². The van der Waals surface area contributed by atoms with E-state index in [9.17, 15) is 14.7 Å². The Morgan fingerprint density at radius 2 is 1.48 bits per heavy atom. The largest absolute Gasteiger partial charge is 0.478 e. The van der Waals surface area contributed by atoms with Gasteiger partial charge in [-0.25, -0.2) is 4.79 Å². The topological polar surface area (TPSA) is 105 Å². The second kappa shape index (κ2) is 12.9. The molecule has 4 aromatic carbocycles. The normalized spacial score (nSPS) is 18.7. The van der Waals surface area contributed by atoms with E-state index in [1.165, 1.54) is 0 Å². The van der Waals surface area contributed by atoms with Gasteiger partial charge in [-0.2, -0.15) is 0 Å². The molecule has 0 spiro atoms. The van der Waals surface area contributed by atoms with E-state index in [0.29, 0.717) is 23.4 Å². The maximum absolute atomic E-state index is 12.5. The summed E-state index contributed by atoms with van der Waals surface area (Å²) in [6.07, 6.45) is -0.331. The maximum Gasteiger partial charge on any atom is 0.335 e. The van der Waals surface area contributed by atoms with Gasteiger partial charge in [0.2, 0.25) is 0 Å². The Morgan fingerprint density at radius 1 is 0.800 bits per heavy atom. The van der Waals surface area contributed by atoms with Crippen molar-refractivity contribution >= 4 is 29.3 Å². The fourth-order valence-corrected chi connectivity index (χ4v) is 5.34. The first-order valence-corrected chi connectivity index (χ1v) is 13.9.